The monoisotopic (exact) mass is 341 g/mol. The van der Waals surface area contributed by atoms with E-state index in [4.69, 9.17) is 4.74 Å². The number of methoxy groups -OCH3 is 1. The van der Waals surface area contributed by atoms with E-state index in [1.165, 1.54) is 64.0 Å². The molecule has 0 amide bonds. The Kier molecular flexibility index (Phi) is 8.30. The number of nitrogens with zero attached hydrogens (tertiary/aromatic N) is 1. The summed E-state index contributed by atoms with van der Waals surface area (Å²) in [6, 6.07) is 10.4. The van der Waals surface area contributed by atoms with Gasteiger partial charge in [-0.3, -0.25) is 0 Å². The van der Waals surface area contributed by atoms with E-state index in [9.17, 15) is 4.79 Å². The largest absolute Gasteiger partial charge is 0.465 e. The normalized spacial score (nSPS) is 10.8. The molecule has 1 aromatic heterocycles. The Morgan fingerprint density at radius 3 is 2.20 bits per heavy atom. The van der Waals surface area contributed by atoms with Gasteiger partial charge in [0.2, 0.25) is 0 Å². The van der Waals surface area contributed by atoms with E-state index >= 15 is 0 Å². The molecule has 1 aromatic carbocycles. The van der Waals surface area contributed by atoms with Gasteiger partial charge in [-0.05, 0) is 36.6 Å². The number of carbonyl (C=O) groups is 1. The number of esters is 1. The van der Waals surface area contributed by atoms with Crippen LogP contribution in [-0.2, 0) is 11.2 Å². The highest BCUT2D eigenvalue weighted by Crippen LogP contribution is 2.15. The zero-order chi connectivity index (χ0) is 17.9. The number of ether oxygens (including phenoxy) is 1. The summed E-state index contributed by atoms with van der Waals surface area (Å²) < 4.78 is 6.69. The molecule has 1 heterocycles. The Morgan fingerprint density at radius 1 is 0.920 bits per heavy atom. The van der Waals surface area contributed by atoms with Crippen LogP contribution in [-0.4, -0.2) is 17.6 Å². The lowest BCUT2D eigenvalue weighted by Crippen LogP contribution is -1.99. The van der Waals surface area contributed by atoms with Crippen LogP contribution >= 0.6 is 0 Å². The summed E-state index contributed by atoms with van der Waals surface area (Å²) in [5.74, 6) is -0.301. The van der Waals surface area contributed by atoms with E-state index in [1.54, 1.807) is 12.3 Å². The van der Waals surface area contributed by atoms with Gasteiger partial charge in [-0.2, -0.15) is 0 Å². The standard InChI is InChI=1S/C22H31NO2/c1-3-4-5-6-7-8-9-10-11-19-12-14-21(15-13-19)23-17-16-20(18-23)22(24)25-2/h12-18H,3-11H2,1-2H3. The lowest BCUT2D eigenvalue weighted by Gasteiger charge is -2.06. The number of benzene rings is 1. The van der Waals surface area contributed by atoms with Crippen LogP contribution in [0.5, 0.6) is 0 Å². The number of carbonyl (C=O) groups excluding carboxylic acids is 1. The van der Waals surface area contributed by atoms with Crippen molar-refractivity contribution in [1.29, 1.82) is 0 Å². The molecule has 3 nitrogen and oxygen atoms in total. The first-order valence-electron chi connectivity index (χ1n) is 9.60. The second-order valence-electron chi connectivity index (χ2n) is 6.69. The quantitative estimate of drug-likeness (QED) is 0.374. The molecule has 0 atom stereocenters. The number of hydrogen-bond donors (Lipinski definition) is 0. The van der Waals surface area contributed by atoms with Gasteiger partial charge in [0.25, 0.3) is 0 Å². The number of hydrogen-bond acceptors (Lipinski definition) is 2. The van der Waals surface area contributed by atoms with Crippen molar-refractivity contribution < 1.29 is 9.53 Å². The maximum Gasteiger partial charge on any atom is 0.339 e. The van der Waals surface area contributed by atoms with Crippen LogP contribution < -0.4 is 0 Å². The van der Waals surface area contributed by atoms with Gasteiger partial charge in [0, 0.05) is 18.1 Å². The average molecular weight is 341 g/mol. The van der Waals surface area contributed by atoms with Gasteiger partial charge in [0.15, 0.2) is 0 Å². The second kappa shape index (κ2) is 10.8. The molecule has 0 fully saturated rings. The van der Waals surface area contributed by atoms with Crippen molar-refractivity contribution in [3.05, 3.63) is 53.9 Å². The Bertz CT molecular complexity index is 628. The SMILES string of the molecule is CCCCCCCCCCc1ccc(-n2ccc(C(=O)OC)c2)cc1. The van der Waals surface area contributed by atoms with Gasteiger partial charge in [0.1, 0.15) is 0 Å². The highest BCUT2D eigenvalue weighted by atomic mass is 16.5. The summed E-state index contributed by atoms with van der Waals surface area (Å²) >= 11 is 0. The average Bonchev–Trinajstić information content (AvgIpc) is 3.14. The van der Waals surface area contributed by atoms with Gasteiger partial charge in [-0.1, -0.05) is 64.0 Å². The summed E-state index contributed by atoms with van der Waals surface area (Å²) in [6.07, 6.45) is 15.7. The Balaban J connectivity index is 1.73. The zero-order valence-electron chi connectivity index (χ0n) is 15.7. The van der Waals surface area contributed by atoms with Crippen molar-refractivity contribution in [2.45, 2.75) is 64.7 Å². The van der Waals surface area contributed by atoms with Crippen LogP contribution in [0.3, 0.4) is 0 Å². The Hall–Kier alpha value is -2.03. The van der Waals surface area contributed by atoms with Crippen molar-refractivity contribution >= 4 is 5.97 Å². The predicted molar refractivity (Wildman–Crippen MR) is 103 cm³/mol. The third-order valence-corrected chi connectivity index (χ3v) is 4.67. The summed E-state index contributed by atoms with van der Waals surface area (Å²) in [6.45, 7) is 2.26. The molecule has 0 N–H and O–H groups in total. The number of unbranched alkanes of at least 4 members (excludes halogenated alkanes) is 7. The van der Waals surface area contributed by atoms with Crippen molar-refractivity contribution in [2.75, 3.05) is 7.11 Å². The zero-order valence-corrected chi connectivity index (χ0v) is 15.7. The minimum Gasteiger partial charge on any atom is -0.465 e. The highest BCUT2D eigenvalue weighted by Gasteiger charge is 2.07. The third kappa shape index (κ3) is 6.41. The van der Waals surface area contributed by atoms with Crippen molar-refractivity contribution in [3.8, 4) is 5.69 Å². The van der Waals surface area contributed by atoms with Crippen LogP contribution in [0, 0.1) is 0 Å². The van der Waals surface area contributed by atoms with Crippen molar-refractivity contribution in [2.24, 2.45) is 0 Å². The molecule has 0 aliphatic carbocycles. The molecule has 2 rings (SSSR count). The van der Waals surface area contributed by atoms with Gasteiger partial charge in [-0.25, -0.2) is 4.79 Å². The molecule has 3 heteroatoms. The predicted octanol–water partition coefficient (Wildman–Crippen LogP) is 5.95. The maximum atomic E-state index is 11.5. The fourth-order valence-electron chi connectivity index (χ4n) is 3.09. The van der Waals surface area contributed by atoms with Crippen LogP contribution in [0.15, 0.2) is 42.7 Å². The summed E-state index contributed by atoms with van der Waals surface area (Å²) in [7, 11) is 1.40. The van der Waals surface area contributed by atoms with Crippen LogP contribution in [0.1, 0.15) is 74.2 Å². The number of aryl methyl sites for hydroxylation is 1. The summed E-state index contributed by atoms with van der Waals surface area (Å²) in [5.41, 5.74) is 3.02. The highest BCUT2D eigenvalue weighted by molar-refractivity contribution is 5.89. The van der Waals surface area contributed by atoms with E-state index < -0.39 is 0 Å². The minimum atomic E-state index is -0.301. The van der Waals surface area contributed by atoms with Crippen molar-refractivity contribution in [1.82, 2.24) is 4.57 Å². The molecular formula is C22H31NO2. The van der Waals surface area contributed by atoms with Crippen LogP contribution in [0.4, 0.5) is 0 Å². The molecule has 2 aromatic rings. The topological polar surface area (TPSA) is 31.2 Å². The van der Waals surface area contributed by atoms with Crippen molar-refractivity contribution in [3.63, 3.8) is 0 Å². The van der Waals surface area contributed by atoms with Gasteiger partial charge in [0.05, 0.1) is 12.7 Å². The number of aromatic nitrogens is 1. The van der Waals surface area contributed by atoms with E-state index in [0.717, 1.165) is 12.1 Å². The van der Waals surface area contributed by atoms with Gasteiger partial charge in [-0.15, -0.1) is 0 Å². The molecule has 136 valence electrons. The first kappa shape index (κ1) is 19.3. The van der Waals surface area contributed by atoms with E-state index in [-0.39, 0.29) is 5.97 Å². The van der Waals surface area contributed by atoms with E-state index in [1.807, 2.05) is 10.8 Å². The smallest absolute Gasteiger partial charge is 0.339 e. The number of rotatable bonds is 11. The lowest BCUT2D eigenvalue weighted by molar-refractivity contribution is 0.0601. The third-order valence-electron chi connectivity index (χ3n) is 4.67. The van der Waals surface area contributed by atoms with Gasteiger partial charge >= 0.3 is 5.97 Å². The molecule has 0 unspecified atom stereocenters. The molecular weight excluding hydrogens is 310 g/mol. The van der Waals surface area contributed by atoms with Crippen LogP contribution in [0.2, 0.25) is 0 Å². The first-order valence-corrected chi connectivity index (χ1v) is 9.60. The molecule has 0 radical (unpaired) electrons. The van der Waals surface area contributed by atoms with E-state index in [2.05, 4.69) is 31.2 Å². The molecule has 0 bridgehead atoms. The second-order valence-corrected chi connectivity index (χ2v) is 6.69. The summed E-state index contributed by atoms with van der Waals surface area (Å²) in [4.78, 5) is 11.5. The molecule has 0 saturated heterocycles. The molecule has 0 aliphatic rings. The Labute approximate surface area is 152 Å². The fraction of sp³-hybridized carbons (Fsp3) is 0.500. The summed E-state index contributed by atoms with van der Waals surface area (Å²) in [5, 5.41) is 0. The maximum absolute atomic E-state index is 11.5. The van der Waals surface area contributed by atoms with Crippen LogP contribution in [0.25, 0.3) is 5.69 Å². The Morgan fingerprint density at radius 2 is 1.56 bits per heavy atom. The molecule has 0 spiro atoms. The lowest BCUT2D eigenvalue weighted by atomic mass is 10.0. The van der Waals surface area contributed by atoms with Gasteiger partial charge < -0.3 is 9.30 Å². The molecule has 25 heavy (non-hydrogen) atoms. The fourth-order valence-corrected chi connectivity index (χ4v) is 3.09. The molecule has 0 aliphatic heterocycles. The first-order chi connectivity index (χ1) is 12.2. The van der Waals surface area contributed by atoms with E-state index in [0.29, 0.717) is 5.56 Å². The minimum absolute atomic E-state index is 0.301. The molecule has 0 saturated carbocycles.